The molecule has 0 spiro atoms. The van der Waals surface area contributed by atoms with E-state index in [1.54, 1.807) is 11.8 Å². The monoisotopic (exact) mass is 294 g/mol. The second kappa shape index (κ2) is 5.27. The Morgan fingerprint density at radius 2 is 1.75 bits per heavy atom. The molecule has 1 N–H and O–H groups in total. The van der Waals surface area contributed by atoms with Crippen LogP contribution in [0.3, 0.4) is 0 Å². The average Bonchev–Trinajstić information content (AvgIpc) is 3.08. The molecule has 112 valence electrons. The molecule has 1 aromatic rings. The van der Waals surface area contributed by atoms with E-state index in [1.807, 2.05) is 0 Å². The Labute approximate surface area is 126 Å². The van der Waals surface area contributed by atoms with Crippen LogP contribution < -0.4 is 0 Å². The number of phenols is 1. The van der Waals surface area contributed by atoms with Gasteiger partial charge in [0.15, 0.2) is 0 Å². The molecule has 0 bridgehead atoms. The summed E-state index contributed by atoms with van der Waals surface area (Å²) in [5, 5.41) is 10.6. The first-order valence-corrected chi connectivity index (χ1v) is 8.20. The molecule has 0 aliphatic carbocycles. The van der Waals surface area contributed by atoms with E-state index in [0.717, 1.165) is 22.8 Å². The van der Waals surface area contributed by atoms with E-state index in [2.05, 4.69) is 53.7 Å². The lowest BCUT2D eigenvalue weighted by molar-refractivity contribution is 0.425. The van der Waals surface area contributed by atoms with Crippen molar-refractivity contribution in [2.75, 3.05) is 12.4 Å². The number of benzene rings is 1. The van der Waals surface area contributed by atoms with Crippen molar-refractivity contribution in [1.82, 2.24) is 0 Å². The Morgan fingerprint density at radius 1 is 1.15 bits per heavy atom. The summed E-state index contributed by atoms with van der Waals surface area (Å²) in [6.07, 6.45) is 0.371. The van der Waals surface area contributed by atoms with Crippen LogP contribution in [-0.4, -0.2) is 23.6 Å². The van der Waals surface area contributed by atoms with Crippen molar-refractivity contribution in [3.05, 3.63) is 23.3 Å². The molecule has 1 atom stereocenters. The highest BCUT2D eigenvalue weighted by Gasteiger charge is 2.27. The smallest absolute Gasteiger partial charge is 0.132 e. The summed E-state index contributed by atoms with van der Waals surface area (Å²) in [6.45, 7) is 13.9. The zero-order chi connectivity index (χ0) is 15.1. The highest BCUT2D eigenvalue weighted by molar-refractivity contribution is 7.99. The molecule has 3 heteroatoms. The molecular weight excluding hydrogens is 268 g/mol. The van der Waals surface area contributed by atoms with Crippen molar-refractivity contribution in [3.8, 4) is 5.75 Å². The predicted octanol–water partition coefficient (Wildman–Crippen LogP) is 4.48. The van der Waals surface area contributed by atoms with Crippen LogP contribution in [0.4, 0.5) is 0 Å². The lowest BCUT2D eigenvalue weighted by Gasteiger charge is -2.27. The van der Waals surface area contributed by atoms with Crippen molar-refractivity contribution in [1.29, 1.82) is 0 Å². The topological polar surface area (TPSA) is 32.8 Å². The molecule has 0 radical (unpaired) electrons. The second-order valence-electron chi connectivity index (χ2n) is 7.64. The Morgan fingerprint density at radius 3 is 2.20 bits per heavy atom. The van der Waals surface area contributed by atoms with E-state index in [9.17, 15) is 5.11 Å². The van der Waals surface area contributed by atoms with Gasteiger partial charge in [0.05, 0.1) is 12.7 Å². The molecule has 2 rings (SSSR count). The minimum absolute atomic E-state index is 0.0588. The zero-order valence-electron chi connectivity index (χ0n) is 13.4. The molecule has 0 aromatic heterocycles. The van der Waals surface area contributed by atoms with E-state index < -0.39 is 0 Å². The Bertz CT molecular complexity index is 491. The third kappa shape index (κ3) is 3.70. The number of hydrogen-bond acceptors (Lipinski definition) is 3. The second-order valence-corrected chi connectivity index (χ2v) is 8.70. The van der Waals surface area contributed by atoms with Crippen LogP contribution in [0.25, 0.3) is 0 Å². The van der Waals surface area contributed by atoms with Gasteiger partial charge in [0.1, 0.15) is 5.75 Å². The molecule has 1 aliphatic heterocycles. The molecular formula is C17H26O2S. The average molecular weight is 294 g/mol. The highest BCUT2D eigenvalue weighted by Crippen LogP contribution is 2.42. The lowest BCUT2D eigenvalue weighted by Crippen LogP contribution is -2.17. The fourth-order valence-electron chi connectivity index (χ4n) is 2.07. The molecule has 0 saturated carbocycles. The molecule has 1 heterocycles. The van der Waals surface area contributed by atoms with Gasteiger partial charge in [0.25, 0.3) is 0 Å². The molecule has 1 saturated heterocycles. The van der Waals surface area contributed by atoms with Gasteiger partial charge in [-0.15, -0.1) is 11.8 Å². The number of epoxide rings is 1. The minimum atomic E-state index is -0.0588. The maximum Gasteiger partial charge on any atom is 0.132 e. The van der Waals surface area contributed by atoms with Gasteiger partial charge in [-0.05, 0) is 22.5 Å². The van der Waals surface area contributed by atoms with Crippen molar-refractivity contribution in [2.24, 2.45) is 0 Å². The van der Waals surface area contributed by atoms with Gasteiger partial charge in [-0.3, -0.25) is 0 Å². The SMILES string of the molecule is CC(C)(C)c1cc(SCC2CO2)c(O)c(C(C)(C)C)c1. The Balaban J connectivity index is 2.42. The van der Waals surface area contributed by atoms with Crippen LogP contribution >= 0.6 is 11.8 Å². The fourth-order valence-corrected chi connectivity index (χ4v) is 3.08. The first kappa shape index (κ1) is 15.7. The van der Waals surface area contributed by atoms with Crippen molar-refractivity contribution >= 4 is 11.8 Å². The quantitative estimate of drug-likeness (QED) is 0.659. The number of hydrogen-bond donors (Lipinski definition) is 1. The first-order chi connectivity index (χ1) is 9.09. The van der Waals surface area contributed by atoms with Crippen LogP contribution in [0.15, 0.2) is 17.0 Å². The van der Waals surface area contributed by atoms with Gasteiger partial charge in [0.2, 0.25) is 0 Å². The summed E-state index contributed by atoms with van der Waals surface area (Å²) in [6, 6.07) is 4.30. The number of ether oxygens (including phenoxy) is 1. The molecule has 1 aliphatic rings. The number of aromatic hydroxyl groups is 1. The highest BCUT2D eigenvalue weighted by atomic mass is 32.2. The number of thioether (sulfide) groups is 1. The summed E-state index contributed by atoms with van der Waals surface area (Å²) in [7, 11) is 0. The standard InChI is InChI=1S/C17H26O2S/c1-16(2,3)11-7-13(17(4,5)6)15(18)14(8-11)20-10-12-9-19-12/h7-8,12,18H,9-10H2,1-6H3. The van der Waals surface area contributed by atoms with Crippen LogP contribution in [0, 0.1) is 0 Å². The van der Waals surface area contributed by atoms with E-state index >= 15 is 0 Å². The molecule has 20 heavy (non-hydrogen) atoms. The molecule has 1 aromatic carbocycles. The summed E-state index contributed by atoms with van der Waals surface area (Å²) in [5.41, 5.74) is 2.33. The van der Waals surface area contributed by atoms with Gasteiger partial charge in [-0.1, -0.05) is 47.6 Å². The molecule has 1 fully saturated rings. The Kier molecular flexibility index (Phi) is 4.14. The predicted molar refractivity (Wildman–Crippen MR) is 86.0 cm³/mol. The largest absolute Gasteiger partial charge is 0.506 e. The lowest BCUT2D eigenvalue weighted by atomic mass is 9.80. The zero-order valence-corrected chi connectivity index (χ0v) is 14.2. The third-order valence-electron chi connectivity index (χ3n) is 3.58. The van der Waals surface area contributed by atoms with Gasteiger partial charge < -0.3 is 9.84 Å². The minimum Gasteiger partial charge on any atom is -0.506 e. The van der Waals surface area contributed by atoms with E-state index in [4.69, 9.17) is 4.74 Å². The van der Waals surface area contributed by atoms with Gasteiger partial charge in [0, 0.05) is 16.2 Å². The maximum atomic E-state index is 10.6. The third-order valence-corrected chi connectivity index (χ3v) is 4.74. The van der Waals surface area contributed by atoms with E-state index in [1.165, 1.54) is 5.56 Å². The summed E-state index contributed by atoms with van der Waals surface area (Å²) < 4.78 is 5.26. The van der Waals surface area contributed by atoms with Gasteiger partial charge in [-0.2, -0.15) is 0 Å². The normalized spacial score (nSPS) is 19.2. The van der Waals surface area contributed by atoms with Crippen LogP contribution in [0.5, 0.6) is 5.75 Å². The fraction of sp³-hybridized carbons (Fsp3) is 0.647. The summed E-state index contributed by atoms with van der Waals surface area (Å²) >= 11 is 1.70. The van der Waals surface area contributed by atoms with E-state index in [0.29, 0.717) is 11.9 Å². The summed E-state index contributed by atoms with van der Waals surface area (Å²) in [4.78, 5) is 0.984. The Hall–Kier alpha value is -0.670. The molecule has 2 nitrogen and oxygen atoms in total. The first-order valence-electron chi connectivity index (χ1n) is 7.21. The maximum absolute atomic E-state index is 10.6. The van der Waals surface area contributed by atoms with Crippen LogP contribution in [0.2, 0.25) is 0 Å². The van der Waals surface area contributed by atoms with Gasteiger partial charge >= 0.3 is 0 Å². The van der Waals surface area contributed by atoms with Gasteiger partial charge in [-0.25, -0.2) is 0 Å². The van der Waals surface area contributed by atoms with Crippen molar-refractivity contribution < 1.29 is 9.84 Å². The summed E-state index contributed by atoms with van der Waals surface area (Å²) in [5.74, 6) is 1.36. The van der Waals surface area contributed by atoms with E-state index in [-0.39, 0.29) is 10.8 Å². The van der Waals surface area contributed by atoms with Crippen molar-refractivity contribution in [3.63, 3.8) is 0 Å². The van der Waals surface area contributed by atoms with Crippen LogP contribution in [-0.2, 0) is 15.6 Å². The molecule has 1 unspecified atom stereocenters. The number of rotatable bonds is 3. The van der Waals surface area contributed by atoms with Crippen molar-refractivity contribution in [2.45, 2.75) is 63.4 Å². The number of phenolic OH excluding ortho intramolecular Hbond substituents is 1. The van der Waals surface area contributed by atoms with Crippen LogP contribution in [0.1, 0.15) is 52.7 Å². The molecule has 0 amide bonds.